The van der Waals surface area contributed by atoms with Gasteiger partial charge in [-0.3, -0.25) is 4.68 Å². The van der Waals surface area contributed by atoms with E-state index >= 15 is 0 Å². The van der Waals surface area contributed by atoms with Crippen LogP contribution in [0.4, 0.5) is 5.69 Å². The Hall–Kier alpha value is -1.81. The molecule has 1 aliphatic rings. The van der Waals surface area contributed by atoms with Crippen molar-refractivity contribution in [3.63, 3.8) is 0 Å². The number of anilines is 1. The second-order valence-corrected chi connectivity index (χ2v) is 5.52. The summed E-state index contributed by atoms with van der Waals surface area (Å²) in [6, 6.07) is 8.88. The van der Waals surface area contributed by atoms with E-state index < -0.39 is 0 Å². The summed E-state index contributed by atoms with van der Waals surface area (Å²) in [6.07, 6.45) is 4.45. The Morgan fingerprint density at radius 2 is 2.15 bits per heavy atom. The molecule has 0 spiro atoms. The van der Waals surface area contributed by atoms with Crippen LogP contribution < -0.4 is 10.6 Å². The predicted octanol–water partition coefficient (Wildman–Crippen LogP) is 2.18. The number of fused-ring (bicyclic) bond motifs is 1. The van der Waals surface area contributed by atoms with Crippen LogP contribution in [0.25, 0.3) is 0 Å². The van der Waals surface area contributed by atoms with Crippen molar-refractivity contribution in [3.05, 3.63) is 47.3 Å². The number of hydrogen-bond acceptors (Lipinski definition) is 3. The lowest BCUT2D eigenvalue weighted by molar-refractivity contribution is 0.585. The lowest BCUT2D eigenvalue weighted by Crippen LogP contribution is -2.37. The fourth-order valence-electron chi connectivity index (χ4n) is 3.25. The van der Waals surface area contributed by atoms with Gasteiger partial charge in [-0.05, 0) is 31.4 Å². The maximum Gasteiger partial charge on any atom is 0.0698 e. The summed E-state index contributed by atoms with van der Waals surface area (Å²) in [6.45, 7) is 3.74. The van der Waals surface area contributed by atoms with Crippen molar-refractivity contribution < 1.29 is 0 Å². The maximum atomic E-state index is 6.09. The van der Waals surface area contributed by atoms with E-state index in [-0.39, 0.29) is 6.04 Å². The molecule has 4 nitrogen and oxygen atoms in total. The summed E-state index contributed by atoms with van der Waals surface area (Å²) in [7, 11) is 1.97. The number of aryl methyl sites for hydroxylation is 3. The average Bonchev–Trinajstić information content (AvgIpc) is 2.79. The average molecular weight is 270 g/mol. The number of benzene rings is 1. The Bertz CT molecular complexity index is 602. The molecule has 0 radical (unpaired) electrons. The molecule has 0 saturated heterocycles. The lowest BCUT2D eigenvalue weighted by atomic mass is 9.97. The molecule has 2 heterocycles. The standard InChI is InChI=1S/C16H22N4/c1-12-14(11-19(2)18-12)16(10-17)20-9-5-7-13-6-3-4-8-15(13)20/h3-4,6,8,11,16H,5,7,9-10,17H2,1-2H3. The van der Waals surface area contributed by atoms with E-state index in [1.165, 1.54) is 23.2 Å². The smallest absolute Gasteiger partial charge is 0.0698 e. The fourth-order valence-corrected chi connectivity index (χ4v) is 3.25. The number of aromatic nitrogens is 2. The summed E-state index contributed by atoms with van der Waals surface area (Å²) < 4.78 is 1.88. The monoisotopic (exact) mass is 270 g/mol. The minimum Gasteiger partial charge on any atom is -0.363 e. The van der Waals surface area contributed by atoms with Gasteiger partial charge in [-0.1, -0.05) is 18.2 Å². The largest absolute Gasteiger partial charge is 0.363 e. The Balaban J connectivity index is 2.01. The van der Waals surface area contributed by atoms with Gasteiger partial charge in [0.2, 0.25) is 0 Å². The van der Waals surface area contributed by atoms with Crippen molar-refractivity contribution in [1.29, 1.82) is 0 Å². The molecular weight excluding hydrogens is 248 g/mol. The summed E-state index contributed by atoms with van der Waals surface area (Å²) in [5.41, 5.74) is 11.2. The summed E-state index contributed by atoms with van der Waals surface area (Å²) in [5, 5.41) is 4.47. The van der Waals surface area contributed by atoms with E-state index in [0.717, 1.165) is 18.7 Å². The van der Waals surface area contributed by atoms with Gasteiger partial charge in [0, 0.05) is 37.6 Å². The molecule has 3 rings (SSSR count). The Morgan fingerprint density at radius 3 is 2.85 bits per heavy atom. The zero-order valence-corrected chi connectivity index (χ0v) is 12.2. The summed E-state index contributed by atoms with van der Waals surface area (Å²) in [4.78, 5) is 2.45. The van der Waals surface area contributed by atoms with Crippen LogP contribution in [0.5, 0.6) is 0 Å². The molecule has 0 aliphatic carbocycles. The SMILES string of the molecule is Cc1nn(C)cc1C(CN)N1CCCc2ccccc21. The molecule has 0 bridgehead atoms. The van der Waals surface area contributed by atoms with Crippen molar-refractivity contribution in [2.45, 2.75) is 25.8 Å². The number of nitrogens with two attached hydrogens (primary N) is 1. The van der Waals surface area contributed by atoms with Gasteiger partial charge in [-0.2, -0.15) is 5.10 Å². The second kappa shape index (κ2) is 5.29. The fraction of sp³-hybridized carbons (Fsp3) is 0.438. The van der Waals surface area contributed by atoms with Gasteiger partial charge in [0.25, 0.3) is 0 Å². The number of nitrogens with zero attached hydrogens (tertiary/aromatic N) is 3. The minimum absolute atomic E-state index is 0.213. The van der Waals surface area contributed by atoms with Gasteiger partial charge >= 0.3 is 0 Å². The quantitative estimate of drug-likeness (QED) is 0.930. The van der Waals surface area contributed by atoms with Crippen molar-refractivity contribution in [3.8, 4) is 0 Å². The third-order valence-corrected chi connectivity index (χ3v) is 4.16. The molecule has 1 aliphatic heterocycles. The molecule has 1 unspecified atom stereocenters. The third-order valence-electron chi connectivity index (χ3n) is 4.16. The van der Waals surface area contributed by atoms with Gasteiger partial charge in [0.1, 0.15) is 0 Å². The first kappa shape index (κ1) is 13.2. The van der Waals surface area contributed by atoms with E-state index in [1.807, 2.05) is 11.7 Å². The van der Waals surface area contributed by atoms with E-state index in [1.54, 1.807) is 0 Å². The van der Waals surface area contributed by atoms with Crippen LogP contribution in [0.1, 0.15) is 29.3 Å². The Kier molecular flexibility index (Phi) is 3.49. The molecule has 2 N–H and O–H groups in total. The van der Waals surface area contributed by atoms with Gasteiger partial charge < -0.3 is 10.6 Å². The molecule has 1 atom stereocenters. The van der Waals surface area contributed by atoms with Crippen molar-refractivity contribution in [2.75, 3.05) is 18.0 Å². The highest BCUT2D eigenvalue weighted by molar-refractivity contribution is 5.57. The van der Waals surface area contributed by atoms with Crippen LogP contribution in [-0.2, 0) is 13.5 Å². The van der Waals surface area contributed by atoms with Gasteiger partial charge in [0.15, 0.2) is 0 Å². The molecule has 0 amide bonds. The van der Waals surface area contributed by atoms with Gasteiger partial charge in [0.05, 0.1) is 11.7 Å². The molecule has 1 aromatic carbocycles. The summed E-state index contributed by atoms with van der Waals surface area (Å²) in [5.74, 6) is 0. The van der Waals surface area contributed by atoms with E-state index in [9.17, 15) is 0 Å². The van der Waals surface area contributed by atoms with Crippen LogP contribution >= 0.6 is 0 Å². The van der Waals surface area contributed by atoms with E-state index in [2.05, 4.69) is 47.4 Å². The van der Waals surface area contributed by atoms with Crippen molar-refractivity contribution in [1.82, 2.24) is 9.78 Å². The van der Waals surface area contributed by atoms with Crippen LogP contribution in [0.2, 0.25) is 0 Å². The highest BCUT2D eigenvalue weighted by Gasteiger charge is 2.26. The second-order valence-electron chi connectivity index (χ2n) is 5.52. The van der Waals surface area contributed by atoms with Gasteiger partial charge in [-0.25, -0.2) is 0 Å². The lowest BCUT2D eigenvalue weighted by Gasteiger charge is -2.37. The molecule has 0 fully saturated rings. The normalized spacial score (nSPS) is 16.1. The summed E-state index contributed by atoms with van der Waals surface area (Å²) >= 11 is 0. The van der Waals surface area contributed by atoms with Crippen LogP contribution in [-0.4, -0.2) is 22.9 Å². The Morgan fingerprint density at radius 1 is 1.35 bits per heavy atom. The molecule has 0 saturated carbocycles. The number of rotatable bonds is 3. The molecule has 106 valence electrons. The molecule has 4 heteroatoms. The number of hydrogen-bond donors (Lipinski definition) is 1. The van der Waals surface area contributed by atoms with Crippen molar-refractivity contribution >= 4 is 5.69 Å². The van der Waals surface area contributed by atoms with Gasteiger partial charge in [-0.15, -0.1) is 0 Å². The first-order valence-electron chi connectivity index (χ1n) is 7.25. The molecule has 2 aromatic rings. The van der Waals surface area contributed by atoms with Crippen LogP contribution in [0.3, 0.4) is 0 Å². The first-order valence-corrected chi connectivity index (χ1v) is 7.25. The third kappa shape index (κ3) is 2.20. The maximum absolute atomic E-state index is 6.09. The number of para-hydroxylation sites is 1. The Labute approximate surface area is 120 Å². The topological polar surface area (TPSA) is 47.1 Å². The molecule has 20 heavy (non-hydrogen) atoms. The van der Waals surface area contributed by atoms with E-state index in [0.29, 0.717) is 6.54 Å². The predicted molar refractivity (Wildman–Crippen MR) is 81.8 cm³/mol. The van der Waals surface area contributed by atoms with Crippen molar-refractivity contribution in [2.24, 2.45) is 12.8 Å². The molecular formula is C16H22N4. The van der Waals surface area contributed by atoms with E-state index in [4.69, 9.17) is 5.73 Å². The highest BCUT2D eigenvalue weighted by Crippen LogP contribution is 2.34. The highest BCUT2D eigenvalue weighted by atomic mass is 15.3. The zero-order valence-electron chi connectivity index (χ0n) is 12.2. The molecule has 1 aromatic heterocycles. The first-order chi connectivity index (χ1) is 9.70. The zero-order chi connectivity index (χ0) is 14.1. The van der Waals surface area contributed by atoms with Crippen LogP contribution in [0.15, 0.2) is 30.5 Å². The minimum atomic E-state index is 0.213. The van der Waals surface area contributed by atoms with Crippen LogP contribution in [0, 0.1) is 6.92 Å².